The maximum absolute atomic E-state index is 11.5. The molecule has 0 radical (unpaired) electrons. The van der Waals surface area contributed by atoms with Crippen molar-refractivity contribution in [1.29, 1.82) is 0 Å². The van der Waals surface area contributed by atoms with Crippen molar-refractivity contribution in [3.8, 4) is 0 Å². The molecule has 4 nitrogen and oxygen atoms in total. The molecule has 0 saturated heterocycles. The predicted molar refractivity (Wildman–Crippen MR) is 52.4 cm³/mol. The highest BCUT2D eigenvalue weighted by Crippen LogP contribution is 2.41. The van der Waals surface area contributed by atoms with Gasteiger partial charge in [0.15, 0.2) is 5.78 Å². The van der Waals surface area contributed by atoms with E-state index in [0.29, 0.717) is 6.54 Å². The van der Waals surface area contributed by atoms with Crippen LogP contribution in [0.1, 0.15) is 19.3 Å². The third-order valence-corrected chi connectivity index (χ3v) is 3.02. The Morgan fingerprint density at radius 3 is 2.50 bits per heavy atom. The number of halogens is 1. The van der Waals surface area contributed by atoms with E-state index in [-0.39, 0.29) is 11.7 Å². The van der Waals surface area contributed by atoms with E-state index < -0.39 is 11.5 Å². The van der Waals surface area contributed by atoms with Gasteiger partial charge in [-0.25, -0.2) is 4.79 Å². The number of carbonyl (C=O) groups is 2. The minimum absolute atomic E-state index is 0.0156. The Kier molecular flexibility index (Phi) is 3.75. The largest absolute Gasteiger partial charge is 0.453 e. The molecule has 1 aliphatic carbocycles. The third-order valence-electron chi connectivity index (χ3n) is 2.78. The quantitative estimate of drug-likeness (QED) is 0.726. The topological polar surface area (TPSA) is 55.4 Å². The Hall–Kier alpha value is -0.770. The van der Waals surface area contributed by atoms with Crippen molar-refractivity contribution in [1.82, 2.24) is 5.32 Å². The number of amides is 1. The Balaban J connectivity index is 2.46. The van der Waals surface area contributed by atoms with Crippen LogP contribution in [-0.2, 0) is 9.53 Å². The summed E-state index contributed by atoms with van der Waals surface area (Å²) in [4.78, 5) is 22.3. The Morgan fingerprint density at radius 2 is 2.14 bits per heavy atom. The molecule has 0 bridgehead atoms. The van der Waals surface area contributed by atoms with Crippen LogP contribution in [0, 0.1) is 5.41 Å². The van der Waals surface area contributed by atoms with Crippen LogP contribution < -0.4 is 5.32 Å². The molecule has 1 aliphatic rings. The fraction of sp³-hybridized carbons (Fsp3) is 0.778. The molecule has 1 amide bonds. The zero-order chi connectivity index (χ0) is 10.6. The number of rotatable bonds is 4. The molecule has 0 aromatic rings. The number of hydrogen-bond acceptors (Lipinski definition) is 3. The normalized spacial score (nSPS) is 18.1. The summed E-state index contributed by atoms with van der Waals surface area (Å²) >= 11 is 5.50. The van der Waals surface area contributed by atoms with Crippen LogP contribution in [0.5, 0.6) is 0 Å². The lowest BCUT2D eigenvalue weighted by atomic mass is 9.66. The van der Waals surface area contributed by atoms with Gasteiger partial charge in [-0.15, -0.1) is 11.6 Å². The van der Waals surface area contributed by atoms with Crippen molar-refractivity contribution in [2.24, 2.45) is 5.41 Å². The maximum atomic E-state index is 11.5. The van der Waals surface area contributed by atoms with Crippen LogP contribution >= 0.6 is 11.6 Å². The lowest BCUT2D eigenvalue weighted by Gasteiger charge is -2.39. The molecule has 0 aliphatic heterocycles. The third kappa shape index (κ3) is 2.18. The van der Waals surface area contributed by atoms with E-state index in [4.69, 9.17) is 11.6 Å². The number of hydrogen-bond donors (Lipinski definition) is 1. The number of nitrogens with one attached hydrogen (secondary N) is 1. The minimum Gasteiger partial charge on any atom is -0.453 e. The first kappa shape index (κ1) is 11.3. The molecule has 14 heavy (non-hydrogen) atoms. The van der Waals surface area contributed by atoms with E-state index in [9.17, 15) is 9.59 Å². The van der Waals surface area contributed by atoms with Gasteiger partial charge in [-0.05, 0) is 12.8 Å². The van der Waals surface area contributed by atoms with Crippen LogP contribution in [0.25, 0.3) is 0 Å². The summed E-state index contributed by atoms with van der Waals surface area (Å²) in [5, 5.41) is 2.55. The summed E-state index contributed by atoms with van der Waals surface area (Å²) in [6.07, 6.45) is 2.13. The van der Waals surface area contributed by atoms with Crippen LogP contribution in [-0.4, -0.2) is 31.4 Å². The Morgan fingerprint density at radius 1 is 1.50 bits per heavy atom. The van der Waals surface area contributed by atoms with Crippen molar-refractivity contribution in [3.05, 3.63) is 0 Å². The molecular formula is C9H14ClNO3. The molecule has 1 rings (SSSR count). The number of ketones is 1. The second kappa shape index (κ2) is 4.64. The van der Waals surface area contributed by atoms with Crippen LogP contribution in [0.2, 0.25) is 0 Å². The van der Waals surface area contributed by atoms with E-state index in [1.54, 1.807) is 0 Å². The number of carbonyl (C=O) groups excluding carboxylic acids is 2. The van der Waals surface area contributed by atoms with Gasteiger partial charge in [0.1, 0.15) is 0 Å². The van der Waals surface area contributed by atoms with Gasteiger partial charge in [-0.2, -0.15) is 0 Å². The average Bonchev–Trinajstić information content (AvgIpc) is 2.15. The fourth-order valence-corrected chi connectivity index (χ4v) is 1.90. The molecule has 5 heteroatoms. The zero-order valence-electron chi connectivity index (χ0n) is 8.14. The van der Waals surface area contributed by atoms with Gasteiger partial charge in [-0.1, -0.05) is 6.42 Å². The predicted octanol–water partition coefficient (Wildman–Crippen LogP) is 1.32. The molecule has 0 heterocycles. The van der Waals surface area contributed by atoms with E-state index in [1.165, 1.54) is 7.11 Å². The summed E-state index contributed by atoms with van der Waals surface area (Å²) < 4.78 is 4.43. The van der Waals surface area contributed by atoms with Crippen LogP contribution in [0.4, 0.5) is 4.79 Å². The average molecular weight is 220 g/mol. The molecule has 80 valence electrons. The number of methoxy groups -OCH3 is 1. The molecule has 1 N–H and O–H groups in total. The van der Waals surface area contributed by atoms with Crippen molar-refractivity contribution in [2.45, 2.75) is 19.3 Å². The molecule has 0 aromatic heterocycles. The van der Waals surface area contributed by atoms with E-state index in [0.717, 1.165) is 19.3 Å². The van der Waals surface area contributed by atoms with Gasteiger partial charge in [0.25, 0.3) is 0 Å². The summed E-state index contributed by atoms with van der Waals surface area (Å²) in [7, 11) is 1.30. The van der Waals surface area contributed by atoms with Gasteiger partial charge in [0.05, 0.1) is 13.0 Å². The molecule has 1 saturated carbocycles. The second-order valence-electron chi connectivity index (χ2n) is 3.54. The monoisotopic (exact) mass is 219 g/mol. The van der Waals surface area contributed by atoms with Crippen molar-refractivity contribution in [3.63, 3.8) is 0 Å². The van der Waals surface area contributed by atoms with E-state index in [1.807, 2.05) is 0 Å². The van der Waals surface area contributed by atoms with E-state index >= 15 is 0 Å². The van der Waals surface area contributed by atoms with E-state index in [2.05, 4.69) is 10.1 Å². The van der Waals surface area contributed by atoms with Gasteiger partial charge < -0.3 is 10.1 Å². The zero-order valence-corrected chi connectivity index (χ0v) is 8.89. The molecule has 0 unspecified atom stereocenters. The SMILES string of the molecule is COC(=O)NCC1(C(=O)CCl)CCC1. The standard InChI is InChI=1S/C9H14ClNO3/c1-14-8(13)11-6-9(3-2-4-9)7(12)5-10/h2-6H2,1H3,(H,11,13). The van der Waals surface area contributed by atoms with Crippen molar-refractivity contribution < 1.29 is 14.3 Å². The molecule has 1 fully saturated rings. The molecular weight excluding hydrogens is 206 g/mol. The second-order valence-corrected chi connectivity index (χ2v) is 3.80. The first-order chi connectivity index (χ1) is 6.64. The first-order valence-corrected chi connectivity index (χ1v) is 5.09. The smallest absolute Gasteiger partial charge is 0.406 e. The number of alkyl halides is 1. The Bertz CT molecular complexity index is 238. The fourth-order valence-electron chi connectivity index (χ4n) is 1.61. The minimum atomic E-state index is -0.501. The van der Waals surface area contributed by atoms with Crippen LogP contribution in [0.3, 0.4) is 0 Å². The lowest BCUT2D eigenvalue weighted by molar-refractivity contribution is -0.130. The van der Waals surface area contributed by atoms with Gasteiger partial charge >= 0.3 is 6.09 Å². The summed E-state index contributed by atoms with van der Waals surface area (Å²) in [5.74, 6) is 0.0323. The lowest BCUT2D eigenvalue weighted by Crippen LogP contribution is -2.48. The summed E-state index contributed by atoms with van der Waals surface area (Å²) in [6, 6.07) is 0. The van der Waals surface area contributed by atoms with Gasteiger partial charge in [0.2, 0.25) is 0 Å². The number of ether oxygens (including phenoxy) is 1. The van der Waals surface area contributed by atoms with Crippen molar-refractivity contribution in [2.75, 3.05) is 19.5 Å². The molecule has 0 aromatic carbocycles. The highest BCUT2D eigenvalue weighted by Gasteiger charge is 2.43. The summed E-state index contributed by atoms with van der Waals surface area (Å²) in [6.45, 7) is 0.339. The highest BCUT2D eigenvalue weighted by molar-refractivity contribution is 6.28. The molecule has 0 atom stereocenters. The van der Waals surface area contributed by atoms with Crippen LogP contribution in [0.15, 0.2) is 0 Å². The number of alkyl carbamates (subject to hydrolysis) is 1. The first-order valence-electron chi connectivity index (χ1n) is 4.56. The number of Topliss-reactive ketones (excluding diaryl/α,β-unsaturated/α-hetero) is 1. The Labute approximate surface area is 87.9 Å². The van der Waals surface area contributed by atoms with Gasteiger partial charge in [0, 0.05) is 12.0 Å². The maximum Gasteiger partial charge on any atom is 0.406 e. The summed E-state index contributed by atoms with van der Waals surface area (Å²) in [5.41, 5.74) is -0.421. The molecule has 0 spiro atoms. The van der Waals surface area contributed by atoms with Gasteiger partial charge in [-0.3, -0.25) is 4.79 Å². The highest BCUT2D eigenvalue weighted by atomic mass is 35.5. The van der Waals surface area contributed by atoms with Crippen molar-refractivity contribution >= 4 is 23.5 Å².